The fourth-order valence-electron chi connectivity index (χ4n) is 2.10. The Labute approximate surface area is 112 Å². The van der Waals surface area contributed by atoms with Crippen molar-refractivity contribution in [1.29, 1.82) is 0 Å². The molecule has 18 heavy (non-hydrogen) atoms. The lowest BCUT2D eigenvalue weighted by Crippen LogP contribution is -2.21. The molecule has 0 amide bonds. The highest BCUT2D eigenvalue weighted by Gasteiger charge is 2.28. The van der Waals surface area contributed by atoms with E-state index in [1.807, 2.05) is 10.6 Å². The summed E-state index contributed by atoms with van der Waals surface area (Å²) in [5.41, 5.74) is 0.697. The number of sulfone groups is 1. The van der Waals surface area contributed by atoms with Crippen LogP contribution in [0.2, 0.25) is 0 Å². The summed E-state index contributed by atoms with van der Waals surface area (Å²) in [5.74, 6) is 1.01. The van der Waals surface area contributed by atoms with E-state index in [9.17, 15) is 8.42 Å². The molecule has 0 saturated carbocycles. The van der Waals surface area contributed by atoms with E-state index in [-0.39, 0.29) is 17.5 Å². The van der Waals surface area contributed by atoms with Crippen LogP contribution < -0.4 is 5.32 Å². The molecule has 1 atom stereocenters. The van der Waals surface area contributed by atoms with Gasteiger partial charge in [-0.25, -0.2) is 18.4 Å². The lowest BCUT2D eigenvalue weighted by atomic mass is 10.2. The first kappa shape index (κ1) is 11.9. The van der Waals surface area contributed by atoms with Gasteiger partial charge in [-0.05, 0) is 22.4 Å². The number of aromatic nitrogens is 3. The van der Waals surface area contributed by atoms with Crippen molar-refractivity contribution in [2.75, 3.05) is 16.8 Å². The molecule has 2 aromatic heterocycles. The van der Waals surface area contributed by atoms with Crippen LogP contribution in [0.1, 0.15) is 6.42 Å². The summed E-state index contributed by atoms with van der Waals surface area (Å²) in [4.78, 5) is 8.52. The quantitative estimate of drug-likeness (QED) is 0.892. The first-order valence-electron chi connectivity index (χ1n) is 5.50. The van der Waals surface area contributed by atoms with Crippen LogP contribution in [0.4, 0.5) is 5.82 Å². The van der Waals surface area contributed by atoms with E-state index < -0.39 is 9.84 Å². The standard InChI is InChI=1S/C10H11BrN4O2S/c11-8-5-15-3-2-12-10(15)9(14-8)13-7-1-4-18(16,17)6-7/h2-3,5,7H,1,4,6H2,(H,13,14). The minimum atomic E-state index is -2.89. The Bertz CT molecular complexity index is 697. The molecule has 6 nitrogen and oxygen atoms in total. The number of hydrogen-bond acceptors (Lipinski definition) is 5. The van der Waals surface area contributed by atoms with Crippen molar-refractivity contribution in [2.45, 2.75) is 12.5 Å². The molecule has 3 heterocycles. The maximum Gasteiger partial charge on any atom is 0.180 e. The van der Waals surface area contributed by atoms with Crippen LogP contribution in [0.5, 0.6) is 0 Å². The number of nitrogens with zero attached hydrogens (tertiary/aromatic N) is 3. The Balaban J connectivity index is 1.93. The fraction of sp³-hybridized carbons (Fsp3) is 0.400. The Hall–Kier alpha value is -1.15. The topological polar surface area (TPSA) is 76.4 Å². The van der Waals surface area contributed by atoms with E-state index in [2.05, 4.69) is 31.2 Å². The average Bonchev–Trinajstić information content (AvgIpc) is 2.84. The van der Waals surface area contributed by atoms with E-state index in [1.165, 1.54) is 0 Å². The average molecular weight is 331 g/mol. The van der Waals surface area contributed by atoms with Gasteiger partial charge in [-0.3, -0.25) is 0 Å². The highest BCUT2D eigenvalue weighted by Crippen LogP contribution is 2.21. The fourth-order valence-corrected chi connectivity index (χ4v) is 4.17. The zero-order chi connectivity index (χ0) is 12.8. The molecule has 0 bridgehead atoms. The molecule has 1 saturated heterocycles. The van der Waals surface area contributed by atoms with Gasteiger partial charge in [0.2, 0.25) is 0 Å². The molecule has 96 valence electrons. The normalized spacial score (nSPS) is 22.4. The van der Waals surface area contributed by atoms with Gasteiger partial charge < -0.3 is 9.72 Å². The zero-order valence-electron chi connectivity index (χ0n) is 9.38. The first-order valence-corrected chi connectivity index (χ1v) is 8.11. The summed E-state index contributed by atoms with van der Waals surface area (Å²) >= 11 is 3.32. The van der Waals surface area contributed by atoms with Gasteiger partial charge in [0, 0.05) is 24.6 Å². The van der Waals surface area contributed by atoms with Crippen molar-refractivity contribution in [3.63, 3.8) is 0 Å². The molecule has 1 unspecified atom stereocenters. The van der Waals surface area contributed by atoms with Crippen LogP contribution in [0.3, 0.4) is 0 Å². The SMILES string of the molecule is O=S1(=O)CCC(Nc2nc(Br)cn3ccnc23)C1. The molecule has 1 aliphatic heterocycles. The predicted molar refractivity (Wildman–Crippen MR) is 71.4 cm³/mol. The van der Waals surface area contributed by atoms with Gasteiger partial charge in [0.15, 0.2) is 21.3 Å². The molecular weight excluding hydrogens is 320 g/mol. The third-order valence-corrected chi connectivity index (χ3v) is 5.07. The molecule has 0 aromatic carbocycles. The number of anilines is 1. The molecule has 1 fully saturated rings. The summed E-state index contributed by atoms with van der Waals surface area (Å²) in [6.45, 7) is 0. The van der Waals surface area contributed by atoms with E-state index in [0.29, 0.717) is 22.5 Å². The van der Waals surface area contributed by atoms with Crippen molar-refractivity contribution in [3.05, 3.63) is 23.2 Å². The lowest BCUT2D eigenvalue weighted by Gasteiger charge is -2.12. The third-order valence-electron chi connectivity index (χ3n) is 2.92. The molecule has 0 spiro atoms. The number of hydrogen-bond donors (Lipinski definition) is 1. The minimum absolute atomic E-state index is 0.0858. The monoisotopic (exact) mass is 330 g/mol. The molecule has 0 aliphatic carbocycles. The number of nitrogens with one attached hydrogen (secondary N) is 1. The largest absolute Gasteiger partial charge is 0.363 e. The predicted octanol–water partition coefficient (Wildman–Crippen LogP) is 1.09. The minimum Gasteiger partial charge on any atom is -0.363 e. The number of fused-ring (bicyclic) bond motifs is 1. The molecular formula is C10H11BrN4O2S. The smallest absolute Gasteiger partial charge is 0.180 e. The van der Waals surface area contributed by atoms with Gasteiger partial charge in [-0.1, -0.05) is 0 Å². The number of halogens is 1. The van der Waals surface area contributed by atoms with Crippen LogP contribution in [-0.4, -0.2) is 40.3 Å². The van der Waals surface area contributed by atoms with Gasteiger partial charge >= 0.3 is 0 Å². The molecule has 8 heteroatoms. The van der Waals surface area contributed by atoms with Gasteiger partial charge in [0.1, 0.15) is 4.60 Å². The highest BCUT2D eigenvalue weighted by atomic mass is 79.9. The zero-order valence-corrected chi connectivity index (χ0v) is 11.8. The van der Waals surface area contributed by atoms with Gasteiger partial charge in [0.05, 0.1) is 11.5 Å². The van der Waals surface area contributed by atoms with Crippen LogP contribution in [-0.2, 0) is 9.84 Å². The Morgan fingerprint density at radius 1 is 1.50 bits per heavy atom. The third kappa shape index (κ3) is 2.22. The van der Waals surface area contributed by atoms with E-state index in [1.54, 1.807) is 12.4 Å². The maximum absolute atomic E-state index is 11.4. The van der Waals surface area contributed by atoms with Crippen LogP contribution >= 0.6 is 15.9 Å². The van der Waals surface area contributed by atoms with E-state index in [0.717, 1.165) is 0 Å². The van der Waals surface area contributed by atoms with Crippen LogP contribution in [0.25, 0.3) is 5.65 Å². The molecule has 0 radical (unpaired) electrons. The second kappa shape index (κ2) is 4.20. The summed E-state index contributed by atoms with van der Waals surface area (Å²) in [5, 5.41) is 3.16. The summed E-state index contributed by atoms with van der Waals surface area (Å²) in [6.07, 6.45) is 5.92. The highest BCUT2D eigenvalue weighted by molar-refractivity contribution is 9.10. The summed E-state index contributed by atoms with van der Waals surface area (Å²) < 4.78 is 25.4. The van der Waals surface area contributed by atoms with Crippen molar-refractivity contribution in [3.8, 4) is 0 Å². The maximum atomic E-state index is 11.4. The Kier molecular flexibility index (Phi) is 2.78. The molecule has 2 aromatic rings. The van der Waals surface area contributed by atoms with Crippen molar-refractivity contribution >= 4 is 37.2 Å². The van der Waals surface area contributed by atoms with Crippen molar-refractivity contribution < 1.29 is 8.42 Å². The second-order valence-corrected chi connectivity index (χ2v) is 7.36. The lowest BCUT2D eigenvalue weighted by molar-refractivity contribution is 0.602. The van der Waals surface area contributed by atoms with Gasteiger partial charge in [-0.2, -0.15) is 0 Å². The van der Waals surface area contributed by atoms with E-state index in [4.69, 9.17) is 0 Å². The number of rotatable bonds is 2. The van der Waals surface area contributed by atoms with Crippen LogP contribution in [0.15, 0.2) is 23.2 Å². The Morgan fingerprint density at radius 2 is 2.33 bits per heavy atom. The summed E-state index contributed by atoms with van der Waals surface area (Å²) in [6, 6.07) is -0.0858. The van der Waals surface area contributed by atoms with Crippen molar-refractivity contribution in [2.24, 2.45) is 0 Å². The van der Waals surface area contributed by atoms with Crippen molar-refractivity contribution in [1.82, 2.24) is 14.4 Å². The van der Waals surface area contributed by atoms with Gasteiger partial charge in [-0.15, -0.1) is 0 Å². The number of imidazole rings is 1. The Morgan fingerprint density at radius 3 is 3.06 bits per heavy atom. The van der Waals surface area contributed by atoms with E-state index >= 15 is 0 Å². The first-order chi connectivity index (χ1) is 8.53. The molecule has 3 rings (SSSR count). The summed E-state index contributed by atoms with van der Waals surface area (Å²) in [7, 11) is -2.89. The van der Waals surface area contributed by atoms with Crippen LogP contribution in [0, 0.1) is 0 Å². The molecule has 1 N–H and O–H groups in total. The molecule has 1 aliphatic rings. The second-order valence-electron chi connectivity index (χ2n) is 4.31. The van der Waals surface area contributed by atoms with Gasteiger partial charge in [0.25, 0.3) is 0 Å².